The smallest absolute Gasteiger partial charge is 0.404 e. The molecule has 4 aromatic rings. The van der Waals surface area contributed by atoms with Gasteiger partial charge in [-0.25, -0.2) is 9.78 Å². The van der Waals surface area contributed by atoms with E-state index in [-0.39, 0.29) is 63.4 Å². The molecule has 0 bridgehead atoms. The van der Waals surface area contributed by atoms with E-state index in [4.69, 9.17) is 24.7 Å². The number of aromatic nitrogens is 1. The fourth-order valence-electron chi connectivity index (χ4n) is 8.13. The fraction of sp³-hybridized carbons (Fsp3) is 0.468. The summed E-state index contributed by atoms with van der Waals surface area (Å²) in [5, 5.41) is 5.93. The van der Waals surface area contributed by atoms with E-state index in [2.05, 4.69) is 39.9 Å². The number of nitrogens with two attached hydrogens (primary N) is 1. The van der Waals surface area contributed by atoms with Crippen LogP contribution >= 0.6 is 11.3 Å². The molecule has 1 aliphatic carbocycles. The molecule has 326 valence electrons. The van der Waals surface area contributed by atoms with Crippen LogP contribution in [0.3, 0.4) is 0 Å². The zero-order chi connectivity index (χ0) is 43.9. The van der Waals surface area contributed by atoms with Gasteiger partial charge in [-0.2, -0.15) is 0 Å². The third kappa shape index (κ3) is 11.8. The van der Waals surface area contributed by atoms with Crippen LogP contribution in [0.25, 0.3) is 21.6 Å². The van der Waals surface area contributed by atoms with Crippen molar-refractivity contribution in [1.29, 1.82) is 0 Å². The molecule has 4 amide bonds. The van der Waals surface area contributed by atoms with Crippen LogP contribution in [-0.4, -0.2) is 96.6 Å². The molecule has 0 saturated carbocycles. The Kier molecular flexibility index (Phi) is 14.7. The van der Waals surface area contributed by atoms with E-state index in [0.29, 0.717) is 12.8 Å². The highest BCUT2D eigenvalue weighted by Crippen LogP contribution is 2.46. The number of thiazole rings is 1. The van der Waals surface area contributed by atoms with Crippen molar-refractivity contribution in [3.63, 3.8) is 0 Å². The van der Waals surface area contributed by atoms with Gasteiger partial charge in [-0.05, 0) is 72.9 Å². The van der Waals surface area contributed by atoms with Gasteiger partial charge in [0.1, 0.15) is 25.3 Å². The number of rotatable bonds is 17. The second-order valence-electron chi connectivity index (χ2n) is 17.8. The average molecular weight is 854 g/mol. The topological polar surface area (TPSA) is 171 Å². The molecule has 1 unspecified atom stereocenters. The molecule has 0 radical (unpaired) electrons. The number of likely N-dealkylation sites (tertiary alicyclic amines) is 1. The Morgan fingerprint density at radius 3 is 2.16 bits per heavy atom. The van der Waals surface area contributed by atoms with Crippen LogP contribution in [0.15, 0.2) is 78.3 Å². The number of carbonyl (C=O) groups is 4. The highest BCUT2D eigenvalue weighted by molar-refractivity contribution is 7.13. The second-order valence-corrected chi connectivity index (χ2v) is 18.6. The number of nitrogens with zero attached hydrogens (tertiary/aromatic N) is 2. The van der Waals surface area contributed by atoms with Gasteiger partial charge in [0.2, 0.25) is 17.7 Å². The molecule has 14 heteroatoms. The number of nitrogens with one attached hydrogen (secondary N) is 2. The van der Waals surface area contributed by atoms with Gasteiger partial charge >= 0.3 is 6.09 Å². The van der Waals surface area contributed by atoms with Gasteiger partial charge in [0.15, 0.2) is 0 Å². The van der Waals surface area contributed by atoms with E-state index >= 15 is 0 Å². The quantitative estimate of drug-likeness (QED) is 0.0973. The van der Waals surface area contributed by atoms with Crippen LogP contribution < -0.4 is 16.4 Å². The number of hydrogen-bond acceptors (Lipinski definition) is 10. The number of benzene rings is 3. The van der Waals surface area contributed by atoms with E-state index in [0.717, 1.165) is 21.7 Å². The number of aryl methyl sites for hydroxylation is 1. The number of primary amides is 1. The molecule has 0 spiro atoms. The highest BCUT2D eigenvalue weighted by Gasteiger charge is 2.46. The first kappa shape index (κ1) is 45.4. The zero-order valence-corrected chi connectivity index (χ0v) is 37.0. The van der Waals surface area contributed by atoms with Crippen molar-refractivity contribution in [3.8, 4) is 21.6 Å². The first-order valence-corrected chi connectivity index (χ1v) is 21.7. The fourth-order valence-corrected chi connectivity index (χ4v) is 8.94. The molecule has 1 aliphatic heterocycles. The highest BCUT2D eigenvalue weighted by atomic mass is 32.1. The van der Waals surface area contributed by atoms with Crippen LogP contribution in [0, 0.1) is 12.3 Å². The summed E-state index contributed by atoms with van der Waals surface area (Å²) in [5.74, 6) is -1.12. The summed E-state index contributed by atoms with van der Waals surface area (Å²) in [6.45, 7) is 13.7. The SMILES string of the molecule is Cc1ncsc1-c1ccc(CNC(=O)[C@@H]2C[C@@H](OC(C)(C)C)CN2C(=O)[C@@H](NC(=O)COCCOC(COC(N)=O)CC2c3ccccc3-c3ccccc32)C(C)(C)C)cc1. The van der Waals surface area contributed by atoms with Gasteiger partial charge in [0.05, 0.1) is 47.1 Å². The number of ether oxygens (including phenoxy) is 4. The molecule has 13 nitrogen and oxygen atoms in total. The third-order valence-electron chi connectivity index (χ3n) is 10.9. The van der Waals surface area contributed by atoms with Crippen molar-refractivity contribution in [3.05, 3.63) is 101 Å². The lowest BCUT2D eigenvalue weighted by Gasteiger charge is -2.35. The van der Waals surface area contributed by atoms with E-state index in [1.165, 1.54) is 22.3 Å². The summed E-state index contributed by atoms with van der Waals surface area (Å²) in [6.07, 6.45) is -0.907. The molecule has 61 heavy (non-hydrogen) atoms. The van der Waals surface area contributed by atoms with Gasteiger partial charge in [0.25, 0.3) is 0 Å². The summed E-state index contributed by atoms with van der Waals surface area (Å²) in [4.78, 5) is 60.2. The van der Waals surface area contributed by atoms with Gasteiger partial charge < -0.3 is 40.2 Å². The Hall–Kier alpha value is -5.15. The molecule has 2 heterocycles. The Balaban J connectivity index is 1.04. The molecule has 1 aromatic heterocycles. The minimum absolute atomic E-state index is 0.0284. The number of fused-ring (bicyclic) bond motifs is 3. The largest absolute Gasteiger partial charge is 0.447 e. The van der Waals surface area contributed by atoms with Crippen molar-refractivity contribution < 1.29 is 38.1 Å². The predicted molar refractivity (Wildman–Crippen MR) is 235 cm³/mol. The minimum Gasteiger partial charge on any atom is -0.447 e. The lowest BCUT2D eigenvalue weighted by Crippen LogP contribution is -2.58. The molecule has 4 N–H and O–H groups in total. The maximum Gasteiger partial charge on any atom is 0.404 e. The van der Waals surface area contributed by atoms with Gasteiger partial charge in [-0.15, -0.1) is 11.3 Å². The van der Waals surface area contributed by atoms with Gasteiger partial charge in [-0.1, -0.05) is 93.6 Å². The summed E-state index contributed by atoms with van der Waals surface area (Å²) in [7, 11) is 0. The molecular weight excluding hydrogens is 795 g/mol. The lowest BCUT2D eigenvalue weighted by molar-refractivity contribution is -0.145. The third-order valence-corrected chi connectivity index (χ3v) is 11.9. The number of amides is 4. The number of carbonyl (C=O) groups excluding carboxylic acids is 4. The lowest BCUT2D eigenvalue weighted by atomic mass is 9.85. The Morgan fingerprint density at radius 1 is 0.918 bits per heavy atom. The van der Waals surface area contributed by atoms with Crippen molar-refractivity contribution in [2.24, 2.45) is 11.1 Å². The second kappa shape index (κ2) is 19.7. The zero-order valence-electron chi connectivity index (χ0n) is 36.2. The molecule has 3 aromatic carbocycles. The van der Waals surface area contributed by atoms with E-state index < -0.39 is 41.2 Å². The van der Waals surface area contributed by atoms with Crippen LogP contribution in [-0.2, 0) is 39.9 Å². The van der Waals surface area contributed by atoms with Crippen molar-refractivity contribution in [1.82, 2.24) is 20.5 Å². The minimum atomic E-state index is -0.959. The maximum atomic E-state index is 14.4. The van der Waals surface area contributed by atoms with Crippen LogP contribution in [0.2, 0.25) is 0 Å². The molecule has 6 rings (SSSR count). The Bertz CT molecular complexity index is 2110. The maximum absolute atomic E-state index is 14.4. The van der Waals surface area contributed by atoms with E-state index in [9.17, 15) is 19.2 Å². The molecular formula is C47H59N5O8S. The average Bonchev–Trinajstić information content (AvgIpc) is 3.92. The van der Waals surface area contributed by atoms with Gasteiger partial charge in [0, 0.05) is 25.4 Å². The van der Waals surface area contributed by atoms with Crippen molar-refractivity contribution >= 4 is 35.2 Å². The van der Waals surface area contributed by atoms with E-state index in [1.807, 2.05) is 103 Å². The summed E-state index contributed by atoms with van der Waals surface area (Å²) in [5.41, 5.74) is 13.6. The Labute approximate surface area is 362 Å². The monoisotopic (exact) mass is 853 g/mol. The van der Waals surface area contributed by atoms with E-state index in [1.54, 1.807) is 16.2 Å². The first-order valence-electron chi connectivity index (χ1n) is 20.8. The summed E-state index contributed by atoms with van der Waals surface area (Å²) < 4.78 is 23.3. The molecule has 4 atom stereocenters. The molecule has 2 aliphatic rings. The standard InChI is InChI=1S/C47H59N5O8S/c1-29-41(61-28-50-29)31-18-16-30(17-19-31)24-49-43(54)39-23-32(60-47(5,6)7)25-52(39)44(55)42(46(2,3)4)51-40(53)27-57-20-21-58-33(26-59-45(48)56)22-38-36-14-10-8-12-34(36)35-13-9-11-15-37(35)38/h8-19,28,32-33,38-39,42H,20-27H2,1-7H3,(H2,48,56)(H,49,54)(H,51,53)/t32-,33?,39+,42-/m1/s1. The predicted octanol–water partition coefficient (Wildman–Crippen LogP) is 6.75. The normalized spacial score (nSPS) is 17.3. The summed E-state index contributed by atoms with van der Waals surface area (Å²) >= 11 is 1.58. The van der Waals surface area contributed by atoms with Gasteiger partial charge in [-0.3, -0.25) is 14.4 Å². The molecule has 1 fully saturated rings. The summed E-state index contributed by atoms with van der Waals surface area (Å²) in [6, 6.07) is 22.7. The van der Waals surface area contributed by atoms with Crippen LogP contribution in [0.1, 0.15) is 82.7 Å². The van der Waals surface area contributed by atoms with Crippen molar-refractivity contribution in [2.45, 2.75) is 104 Å². The Morgan fingerprint density at radius 2 is 1.57 bits per heavy atom. The van der Waals surface area contributed by atoms with Crippen LogP contribution in [0.4, 0.5) is 4.79 Å². The van der Waals surface area contributed by atoms with Crippen molar-refractivity contribution in [2.75, 3.05) is 33.0 Å². The number of hydrogen-bond donors (Lipinski definition) is 3. The first-order chi connectivity index (χ1) is 29.0. The molecule has 1 saturated heterocycles. The van der Waals surface area contributed by atoms with Crippen LogP contribution in [0.5, 0.6) is 0 Å².